The predicted octanol–water partition coefficient (Wildman–Crippen LogP) is 5.60. The molecule has 0 fully saturated rings. The van der Waals surface area contributed by atoms with Crippen LogP contribution in [0.1, 0.15) is 30.0 Å². The number of ether oxygens (including phenoxy) is 1. The third-order valence-electron chi connectivity index (χ3n) is 4.99. The summed E-state index contributed by atoms with van der Waals surface area (Å²) in [5.41, 5.74) is 3.09. The Morgan fingerprint density at radius 1 is 1.00 bits per heavy atom. The first-order valence-corrected chi connectivity index (χ1v) is 9.49. The van der Waals surface area contributed by atoms with Gasteiger partial charge < -0.3 is 9.15 Å². The summed E-state index contributed by atoms with van der Waals surface area (Å²) in [5.74, 6) is 1.83. The van der Waals surface area contributed by atoms with Crippen LogP contribution in [0.5, 0.6) is 5.75 Å². The Bertz CT molecular complexity index is 992. The molecule has 0 aliphatic rings. The molecule has 4 heteroatoms. The summed E-state index contributed by atoms with van der Waals surface area (Å²) in [5, 5.41) is 1.15. The van der Waals surface area contributed by atoms with Gasteiger partial charge >= 0.3 is 0 Å². The molecule has 1 unspecified atom stereocenters. The molecule has 0 saturated heterocycles. The maximum absolute atomic E-state index is 6.01. The van der Waals surface area contributed by atoms with Crippen LogP contribution in [0.15, 0.2) is 83.4 Å². The largest absolute Gasteiger partial charge is 0.487 e. The van der Waals surface area contributed by atoms with E-state index in [4.69, 9.17) is 9.15 Å². The zero-order valence-corrected chi connectivity index (χ0v) is 16.2. The summed E-state index contributed by atoms with van der Waals surface area (Å²) < 4.78 is 11.8. The van der Waals surface area contributed by atoms with E-state index in [1.165, 1.54) is 5.56 Å². The van der Waals surface area contributed by atoms with Crippen molar-refractivity contribution in [1.82, 2.24) is 9.88 Å². The second-order valence-electron chi connectivity index (χ2n) is 7.03. The molecule has 0 N–H and O–H groups in total. The summed E-state index contributed by atoms with van der Waals surface area (Å²) in [6.45, 7) is 3.48. The molecule has 0 radical (unpaired) electrons. The SMILES string of the molecule is CC(c1cc2ccccc2o1)N(C)Cc1ccc(OCc2ccccn2)cc1. The summed E-state index contributed by atoms with van der Waals surface area (Å²) in [4.78, 5) is 6.55. The minimum absolute atomic E-state index is 0.187. The maximum atomic E-state index is 6.01. The number of rotatable bonds is 7. The molecule has 0 spiro atoms. The van der Waals surface area contributed by atoms with Gasteiger partial charge in [0.2, 0.25) is 0 Å². The van der Waals surface area contributed by atoms with Crippen molar-refractivity contribution in [2.45, 2.75) is 26.1 Å². The van der Waals surface area contributed by atoms with Crippen molar-refractivity contribution in [3.63, 3.8) is 0 Å². The van der Waals surface area contributed by atoms with Crippen LogP contribution in [0.3, 0.4) is 0 Å². The van der Waals surface area contributed by atoms with Crippen LogP contribution >= 0.6 is 0 Å². The van der Waals surface area contributed by atoms with E-state index < -0.39 is 0 Å². The highest BCUT2D eigenvalue weighted by Gasteiger charge is 2.16. The van der Waals surface area contributed by atoms with Crippen LogP contribution in [-0.2, 0) is 13.2 Å². The average Bonchev–Trinajstić information content (AvgIpc) is 3.17. The number of nitrogens with zero attached hydrogens (tertiary/aromatic N) is 2. The molecule has 2 aromatic heterocycles. The van der Waals surface area contributed by atoms with Crippen LogP contribution in [0, 0.1) is 0 Å². The Kier molecular flexibility index (Phi) is 5.40. The number of para-hydroxylation sites is 1. The lowest BCUT2D eigenvalue weighted by Gasteiger charge is -2.23. The number of fused-ring (bicyclic) bond motifs is 1. The lowest BCUT2D eigenvalue weighted by atomic mass is 10.1. The van der Waals surface area contributed by atoms with Crippen molar-refractivity contribution >= 4 is 11.0 Å². The lowest BCUT2D eigenvalue weighted by Crippen LogP contribution is -2.21. The fourth-order valence-corrected chi connectivity index (χ4v) is 3.18. The molecule has 0 aliphatic heterocycles. The topological polar surface area (TPSA) is 38.5 Å². The van der Waals surface area contributed by atoms with Gasteiger partial charge in [-0.25, -0.2) is 0 Å². The molecule has 2 aromatic carbocycles. The first-order chi connectivity index (χ1) is 13.7. The molecule has 0 amide bonds. The Labute approximate surface area is 165 Å². The minimum atomic E-state index is 0.187. The molecular formula is C24H24N2O2. The van der Waals surface area contributed by atoms with E-state index >= 15 is 0 Å². The van der Waals surface area contributed by atoms with Crippen molar-refractivity contribution in [2.24, 2.45) is 0 Å². The Balaban J connectivity index is 1.36. The van der Waals surface area contributed by atoms with Gasteiger partial charge in [-0.3, -0.25) is 9.88 Å². The van der Waals surface area contributed by atoms with Gasteiger partial charge in [-0.1, -0.05) is 36.4 Å². The van der Waals surface area contributed by atoms with Crippen molar-refractivity contribution in [2.75, 3.05) is 7.05 Å². The van der Waals surface area contributed by atoms with Crippen molar-refractivity contribution in [3.8, 4) is 5.75 Å². The van der Waals surface area contributed by atoms with Crippen LogP contribution < -0.4 is 4.74 Å². The zero-order chi connectivity index (χ0) is 19.3. The molecule has 0 saturated carbocycles. The highest BCUT2D eigenvalue weighted by Crippen LogP contribution is 2.27. The van der Waals surface area contributed by atoms with E-state index in [9.17, 15) is 0 Å². The second-order valence-corrected chi connectivity index (χ2v) is 7.03. The maximum Gasteiger partial charge on any atom is 0.134 e. The summed E-state index contributed by atoms with van der Waals surface area (Å²) >= 11 is 0. The van der Waals surface area contributed by atoms with E-state index in [1.807, 2.05) is 48.5 Å². The summed E-state index contributed by atoms with van der Waals surface area (Å²) in [7, 11) is 2.11. The van der Waals surface area contributed by atoms with Crippen molar-refractivity contribution in [3.05, 3.63) is 96.0 Å². The molecule has 0 aliphatic carbocycles. The quantitative estimate of drug-likeness (QED) is 0.423. The number of aromatic nitrogens is 1. The lowest BCUT2D eigenvalue weighted by molar-refractivity contribution is 0.226. The zero-order valence-electron chi connectivity index (χ0n) is 16.2. The van der Waals surface area contributed by atoms with Crippen LogP contribution in [0.4, 0.5) is 0 Å². The smallest absolute Gasteiger partial charge is 0.134 e. The summed E-state index contributed by atoms with van der Waals surface area (Å²) in [6, 6.07) is 24.5. The number of hydrogen-bond acceptors (Lipinski definition) is 4. The normalized spacial score (nSPS) is 12.4. The van der Waals surface area contributed by atoms with Gasteiger partial charge in [0.15, 0.2) is 0 Å². The first kappa shape index (κ1) is 18.3. The van der Waals surface area contributed by atoms with Gasteiger partial charge in [-0.2, -0.15) is 0 Å². The molecule has 4 aromatic rings. The predicted molar refractivity (Wildman–Crippen MR) is 111 cm³/mol. The number of benzene rings is 2. The van der Waals surface area contributed by atoms with E-state index in [1.54, 1.807) is 6.20 Å². The van der Waals surface area contributed by atoms with Gasteiger partial charge in [0.05, 0.1) is 11.7 Å². The third-order valence-corrected chi connectivity index (χ3v) is 4.99. The van der Waals surface area contributed by atoms with E-state index in [-0.39, 0.29) is 6.04 Å². The van der Waals surface area contributed by atoms with Crippen molar-refractivity contribution < 1.29 is 9.15 Å². The average molecular weight is 372 g/mol. The van der Waals surface area contributed by atoms with Gasteiger partial charge in [-0.15, -0.1) is 0 Å². The standard InChI is InChI=1S/C24H24N2O2/c1-18(24-15-20-7-3-4-9-23(20)28-24)26(2)16-19-10-12-22(13-11-19)27-17-21-8-5-6-14-25-21/h3-15,18H,16-17H2,1-2H3. The molecule has 28 heavy (non-hydrogen) atoms. The molecule has 1 atom stereocenters. The van der Waals surface area contributed by atoms with E-state index in [0.717, 1.165) is 34.7 Å². The Morgan fingerprint density at radius 2 is 1.79 bits per heavy atom. The van der Waals surface area contributed by atoms with Crippen LogP contribution in [-0.4, -0.2) is 16.9 Å². The van der Waals surface area contributed by atoms with Crippen LogP contribution in [0.25, 0.3) is 11.0 Å². The second kappa shape index (κ2) is 8.28. The Morgan fingerprint density at radius 3 is 2.54 bits per heavy atom. The highest BCUT2D eigenvalue weighted by molar-refractivity contribution is 5.77. The fourth-order valence-electron chi connectivity index (χ4n) is 3.18. The molecule has 0 bridgehead atoms. The third kappa shape index (κ3) is 4.24. The number of furan rings is 1. The molecule has 142 valence electrons. The van der Waals surface area contributed by atoms with E-state index in [2.05, 4.69) is 48.1 Å². The number of hydrogen-bond donors (Lipinski definition) is 0. The molecule has 2 heterocycles. The molecule has 4 rings (SSSR count). The molecular weight excluding hydrogens is 348 g/mol. The fraction of sp³-hybridized carbons (Fsp3) is 0.208. The number of pyridine rings is 1. The van der Waals surface area contributed by atoms with Crippen molar-refractivity contribution in [1.29, 1.82) is 0 Å². The van der Waals surface area contributed by atoms with Gasteiger partial charge in [0, 0.05) is 18.1 Å². The summed E-state index contributed by atoms with van der Waals surface area (Å²) in [6.07, 6.45) is 1.78. The van der Waals surface area contributed by atoms with E-state index in [0.29, 0.717) is 6.61 Å². The highest BCUT2D eigenvalue weighted by atomic mass is 16.5. The minimum Gasteiger partial charge on any atom is -0.487 e. The van der Waals surface area contributed by atoms with Crippen LogP contribution in [0.2, 0.25) is 0 Å². The van der Waals surface area contributed by atoms with Gasteiger partial charge in [0.1, 0.15) is 23.7 Å². The van der Waals surface area contributed by atoms with Gasteiger partial charge in [-0.05, 0) is 55.9 Å². The molecule has 4 nitrogen and oxygen atoms in total. The Hall–Kier alpha value is -3.11. The van der Waals surface area contributed by atoms with Gasteiger partial charge in [0.25, 0.3) is 0 Å². The monoisotopic (exact) mass is 372 g/mol. The first-order valence-electron chi connectivity index (χ1n) is 9.49.